The number of hydrogen-bond donors (Lipinski definition) is 1. The number of hydrogen-bond acceptors (Lipinski definition) is 6. The molecule has 1 N–H and O–H groups in total. The Kier molecular flexibility index (Phi) is 7.35. The Morgan fingerprint density at radius 3 is 2.21 bits per heavy atom. The van der Waals surface area contributed by atoms with E-state index in [0.717, 1.165) is 27.8 Å². The molecular formula is C32H32N8O2. The van der Waals surface area contributed by atoms with Gasteiger partial charge in [0.2, 0.25) is 5.82 Å². The van der Waals surface area contributed by atoms with Crippen LogP contribution >= 0.6 is 0 Å². The second-order valence-corrected chi connectivity index (χ2v) is 10.9. The van der Waals surface area contributed by atoms with E-state index in [4.69, 9.17) is 4.98 Å². The van der Waals surface area contributed by atoms with Gasteiger partial charge in [-0.2, -0.15) is 5.21 Å². The molecule has 0 aliphatic heterocycles. The lowest BCUT2D eigenvalue weighted by Crippen LogP contribution is -2.41. The number of nitrogens with one attached hydrogen (secondary N) is 1. The summed E-state index contributed by atoms with van der Waals surface area (Å²) >= 11 is 0. The van der Waals surface area contributed by atoms with Gasteiger partial charge in [0.1, 0.15) is 5.82 Å². The van der Waals surface area contributed by atoms with Crippen LogP contribution in [-0.2, 0) is 26.1 Å². The number of nitrogens with zero attached hydrogens (tertiary/aromatic N) is 7. The molecule has 3 aromatic heterocycles. The molecular weight excluding hydrogens is 528 g/mol. The van der Waals surface area contributed by atoms with Crippen LogP contribution in [0.2, 0.25) is 0 Å². The zero-order valence-corrected chi connectivity index (χ0v) is 23.9. The van der Waals surface area contributed by atoms with Gasteiger partial charge in [0.25, 0.3) is 5.56 Å². The fraction of sp³-hybridized carbons (Fsp3) is 0.250. The van der Waals surface area contributed by atoms with Crippen LogP contribution in [0, 0.1) is 12.8 Å². The minimum Gasteiger partial charge on any atom is -0.318 e. The van der Waals surface area contributed by atoms with Crippen LogP contribution in [0.1, 0.15) is 30.8 Å². The highest BCUT2D eigenvalue weighted by molar-refractivity contribution is 5.80. The third-order valence-corrected chi connectivity index (χ3v) is 7.44. The molecule has 0 bridgehead atoms. The molecule has 0 saturated carbocycles. The van der Waals surface area contributed by atoms with Crippen molar-refractivity contribution in [2.75, 3.05) is 0 Å². The Balaban J connectivity index is 1.38. The van der Waals surface area contributed by atoms with Crippen LogP contribution in [0.3, 0.4) is 0 Å². The van der Waals surface area contributed by atoms with Crippen molar-refractivity contribution in [1.82, 2.24) is 39.3 Å². The van der Waals surface area contributed by atoms with Crippen molar-refractivity contribution in [2.24, 2.45) is 5.92 Å². The number of aromatic nitrogens is 8. The second kappa shape index (κ2) is 11.4. The summed E-state index contributed by atoms with van der Waals surface area (Å²) in [5.41, 5.74) is 5.25. The van der Waals surface area contributed by atoms with Gasteiger partial charge >= 0.3 is 5.69 Å². The highest BCUT2D eigenvalue weighted by atomic mass is 16.2. The quantitative estimate of drug-likeness (QED) is 0.279. The zero-order chi connectivity index (χ0) is 29.2. The van der Waals surface area contributed by atoms with Crippen molar-refractivity contribution < 1.29 is 0 Å². The molecule has 0 fully saturated rings. The molecule has 0 spiro atoms. The smallest absolute Gasteiger partial charge is 0.318 e. The first kappa shape index (κ1) is 27.1. The van der Waals surface area contributed by atoms with Crippen molar-refractivity contribution in [3.63, 3.8) is 0 Å². The molecule has 10 heteroatoms. The summed E-state index contributed by atoms with van der Waals surface area (Å²) in [6, 6.07) is 26.0. The Morgan fingerprint density at radius 2 is 1.52 bits per heavy atom. The standard InChI is InChI=1S/C32H32N8O2/c1-21(2)19-40-30-28(31(41)38(32(40)42)18-17-23-9-5-4-6-10-23)39(22(3)33-30)20-24-13-15-25(16-14-24)26-11-7-8-12-27(26)29-34-36-37-35-29/h4-16,21H,17-20H2,1-3H3,(H,34,35,36,37). The molecule has 0 atom stereocenters. The van der Waals surface area contributed by atoms with Gasteiger partial charge in [-0.05, 0) is 46.7 Å². The molecule has 6 aromatic rings. The normalized spacial score (nSPS) is 11.5. The minimum absolute atomic E-state index is 0.208. The Hall–Kier alpha value is -5.12. The Bertz CT molecular complexity index is 1950. The van der Waals surface area contributed by atoms with Gasteiger partial charge in [-0.1, -0.05) is 92.7 Å². The van der Waals surface area contributed by atoms with Crippen LogP contribution in [0.5, 0.6) is 0 Å². The highest BCUT2D eigenvalue weighted by Crippen LogP contribution is 2.30. The third kappa shape index (κ3) is 5.18. The number of fused-ring (bicyclic) bond motifs is 1. The molecule has 212 valence electrons. The van der Waals surface area contributed by atoms with Gasteiger partial charge in [0.15, 0.2) is 11.2 Å². The molecule has 0 radical (unpaired) electrons. The summed E-state index contributed by atoms with van der Waals surface area (Å²) < 4.78 is 4.95. The maximum atomic E-state index is 13.9. The summed E-state index contributed by atoms with van der Waals surface area (Å²) in [7, 11) is 0. The molecule has 0 saturated heterocycles. The number of rotatable bonds is 9. The van der Waals surface area contributed by atoms with E-state index < -0.39 is 0 Å². The zero-order valence-electron chi connectivity index (χ0n) is 23.9. The van der Waals surface area contributed by atoms with Gasteiger partial charge in [-0.25, -0.2) is 9.78 Å². The number of aryl methyl sites for hydroxylation is 2. The van der Waals surface area contributed by atoms with Crippen LogP contribution < -0.4 is 11.2 Å². The highest BCUT2D eigenvalue weighted by Gasteiger charge is 2.21. The Labute approximate surface area is 242 Å². The van der Waals surface area contributed by atoms with E-state index in [-0.39, 0.29) is 17.2 Å². The first-order chi connectivity index (χ1) is 20.4. The van der Waals surface area contributed by atoms with Crippen LogP contribution in [0.25, 0.3) is 33.7 Å². The maximum absolute atomic E-state index is 13.9. The fourth-order valence-electron chi connectivity index (χ4n) is 5.38. The van der Waals surface area contributed by atoms with Crippen molar-refractivity contribution in [2.45, 2.75) is 46.8 Å². The Morgan fingerprint density at radius 1 is 0.810 bits per heavy atom. The second-order valence-electron chi connectivity index (χ2n) is 10.9. The number of aromatic amines is 1. The molecule has 42 heavy (non-hydrogen) atoms. The molecule has 6 rings (SSSR count). The van der Waals surface area contributed by atoms with Crippen LogP contribution in [0.15, 0.2) is 88.5 Å². The predicted molar refractivity (Wildman–Crippen MR) is 162 cm³/mol. The van der Waals surface area contributed by atoms with E-state index in [1.807, 2.05) is 78.2 Å². The predicted octanol–water partition coefficient (Wildman–Crippen LogP) is 4.46. The summed E-state index contributed by atoms with van der Waals surface area (Å²) in [5, 5.41) is 14.5. The van der Waals surface area contributed by atoms with E-state index in [1.54, 1.807) is 4.57 Å². The van der Waals surface area contributed by atoms with Crippen LogP contribution in [-0.4, -0.2) is 39.3 Å². The molecule has 3 heterocycles. The average Bonchev–Trinajstić information content (AvgIpc) is 3.65. The van der Waals surface area contributed by atoms with E-state index >= 15 is 0 Å². The first-order valence-corrected chi connectivity index (χ1v) is 14.1. The summed E-state index contributed by atoms with van der Waals surface area (Å²) in [5.74, 6) is 1.43. The lowest BCUT2D eigenvalue weighted by Gasteiger charge is -2.14. The molecule has 0 amide bonds. The van der Waals surface area contributed by atoms with Gasteiger partial charge < -0.3 is 4.57 Å². The monoisotopic (exact) mass is 560 g/mol. The minimum atomic E-state index is -0.314. The molecule has 0 unspecified atom stereocenters. The summed E-state index contributed by atoms with van der Waals surface area (Å²) in [6.45, 7) is 7.22. The summed E-state index contributed by atoms with van der Waals surface area (Å²) in [4.78, 5) is 32.2. The van der Waals surface area contributed by atoms with Crippen molar-refractivity contribution in [3.8, 4) is 22.5 Å². The topological polar surface area (TPSA) is 116 Å². The maximum Gasteiger partial charge on any atom is 0.332 e. The van der Waals surface area contributed by atoms with Gasteiger partial charge in [0, 0.05) is 25.2 Å². The molecule has 0 aliphatic carbocycles. The number of H-pyrrole nitrogens is 1. The lowest BCUT2D eigenvalue weighted by atomic mass is 9.98. The third-order valence-electron chi connectivity index (χ3n) is 7.44. The van der Waals surface area contributed by atoms with E-state index in [1.165, 1.54) is 4.57 Å². The van der Waals surface area contributed by atoms with E-state index in [0.29, 0.717) is 48.9 Å². The van der Waals surface area contributed by atoms with Gasteiger partial charge in [-0.15, -0.1) is 10.2 Å². The lowest BCUT2D eigenvalue weighted by molar-refractivity contribution is 0.486. The van der Waals surface area contributed by atoms with Crippen LogP contribution in [0.4, 0.5) is 0 Å². The van der Waals surface area contributed by atoms with E-state index in [2.05, 4.69) is 46.6 Å². The first-order valence-electron chi connectivity index (χ1n) is 14.1. The van der Waals surface area contributed by atoms with Crippen molar-refractivity contribution in [3.05, 3.63) is 117 Å². The number of tetrazole rings is 1. The SMILES string of the molecule is Cc1nc2c(c(=O)n(CCc3ccccc3)c(=O)n2CC(C)C)n1Cc1ccc(-c2ccccc2-c2nn[nH]n2)cc1. The average molecular weight is 561 g/mol. The van der Waals surface area contributed by atoms with Crippen molar-refractivity contribution >= 4 is 11.2 Å². The molecule has 10 nitrogen and oxygen atoms in total. The number of imidazole rings is 1. The van der Waals surface area contributed by atoms with Crippen molar-refractivity contribution in [1.29, 1.82) is 0 Å². The molecule has 0 aliphatic rings. The van der Waals surface area contributed by atoms with E-state index in [9.17, 15) is 9.59 Å². The largest absolute Gasteiger partial charge is 0.332 e. The van der Waals surface area contributed by atoms with Gasteiger partial charge in [0.05, 0.1) is 0 Å². The number of benzene rings is 3. The molecule has 3 aromatic carbocycles. The fourth-order valence-corrected chi connectivity index (χ4v) is 5.38. The summed E-state index contributed by atoms with van der Waals surface area (Å²) in [6.07, 6.45) is 0.586. The van der Waals surface area contributed by atoms with Gasteiger partial charge in [-0.3, -0.25) is 13.9 Å².